The Bertz CT molecular complexity index is 1030. The van der Waals surface area contributed by atoms with Gasteiger partial charge in [0.05, 0.1) is 30.1 Å². The lowest BCUT2D eigenvalue weighted by Gasteiger charge is -2.06. The molecule has 0 fully saturated rings. The topological polar surface area (TPSA) is 56.2 Å². The number of anilines is 1. The number of nitrogens with one attached hydrogen (secondary N) is 1. The smallest absolute Gasteiger partial charge is 0.248 e. The van der Waals surface area contributed by atoms with Crippen molar-refractivity contribution in [2.24, 2.45) is 0 Å². The normalized spacial score (nSPS) is 11.0. The Morgan fingerprint density at radius 2 is 2.00 bits per heavy atom. The zero-order chi connectivity index (χ0) is 20.1. The minimum atomic E-state index is -0.302. The first kappa shape index (κ1) is 20.0. The molecule has 3 rings (SSSR count). The molecule has 1 heterocycles. The van der Waals surface area contributed by atoms with E-state index in [9.17, 15) is 4.79 Å². The van der Waals surface area contributed by atoms with Crippen molar-refractivity contribution >= 4 is 40.9 Å². The van der Waals surface area contributed by atoms with E-state index in [1.807, 2.05) is 31.2 Å². The Balaban J connectivity index is 1.75. The number of para-hydroxylation sites is 1. The number of aromatic nitrogens is 2. The van der Waals surface area contributed by atoms with Gasteiger partial charge in [-0.25, -0.2) is 4.68 Å². The highest BCUT2D eigenvalue weighted by Gasteiger charge is 2.12. The molecule has 144 valence electrons. The molecule has 3 aromatic rings. The summed E-state index contributed by atoms with van der Waals surface area (Å²) in [5.74, 6) is 0.470. The predicted molar refractivity (Wildman–Crippen MR) is 113 cm³/mol. The van der Waals surface area contributed by atoms with Gasteiger partial charge in [-0.05, 0) is 42.8 Å². The molecule has 28 heavy (non-hydrogen) atoms. The van der Waals surface area contributed by atoms with E-state index in [0.29, 0.717) is 28.0 Å². The molecular formula is C21H19Cl2N3O2. The summed E-state index contributed by atoms with van der Waals surface area (Å²) in [6, 6.07) is 14.7. The van der Waals surface area contributed by atoms with Crippen LogP contribution in [0.25, 0.3) is 6.08 Å². The number of amides is 1. The van der Waals surface area contributed by atoms with Gasteiger partial charge < -0.3 is 10.1 Å². The summed E-state index contributed by atoms with van der Waals surface area (Å²) in [7, 11) is 1.63. The highest BCUT2D eigenvalue weighted by molar-refractivity contribution is 6.34. The van der Waals surface area contributed by atoms with E-state index in [1.54, 1.807) is 42.1 Å². The number of aryl methyl sites for hydroxylation is 1. The third-order valence-electron chi connectivity index (χ3n) is 4.11. The Morgan fingerprint density at radius 1 is 1.21 bits per heavy atom. The molecule has 0 radical (unpaired) electrons. The van der Waals surface area contributed by atoms with Crippen LogP contribution in [0.1, 0.15) is 16.8 Å². The van der Waals surface area contributed by atoms with Gasteiger partial charge in [-0.3, -0.25) is 4.79 Å². The summed E-state index contributed by atoms with van der Waals surface area (Å²) in [4.78, 5) is 12.2. The molecule has 0 bridgehead atoms. The summed E-state index contributed by atoms with van der Waals surface area (Å²) >= 11 is 12.5. The van der Waals surface area contributed by atoms with Gasteiger partial charge in [0.2, 0.25) is 5.91 Å². The number of hydrogen-bond acceptors (Lipinski definition) is 3. The summed E-state index contributed by atoms with van der Waals surface area (Å²) in [6.45, 7) is 2.34. The van der Waals surface area contributed by atoms with E-state index in [2.05, 4.69) is 10.4 Å². The number of hydrogen-bond donors (Lipinski definition) is 1. The number of methoxy groups -OCH3 is 1. The molecule has 0 aliphatic heterocycles. The minimum Gasteiger partial charge on any atom is -0.497 e. The number of rotatable bonds is 6. The van der Waals surface area contributed by atoms with E-state index in [-0.39, 0.29) is 5.91 Å². The van der Waals surface area contributed by atoms with Crippen LogP contribution in [0.4, 0.5) is 5.69 Å². The van der Waals surface area contributed by atoms with Crippen molar-refractivity contribution in [2.75, 3.05) is 12.4 Å². The van der Waals surface area contributed by atoms with Gasteiger partial charge in [-0.15, -0.1) is 0 Å². The van der Waals surface area contributed by atoms with Gasteiger partial charge in [0.15, 0.2) is 0 Å². The lowest BCUT2D eigenvalue weighted by molar-refractivity contribution is -0.111. The van der Waals surface area contributed by atoms with Crippen molar-refractivity contribution in [2.45, 2.75) is 13.5 Å². The Kier molecular flexibility index (Phi) is 6.39. The number of benzene rings is 2. The molecule has 0 saturated heterocycles. The van der Waals surface area contributed by atoms with Crippen molar-refractivity contribution in [3.63, 3.8) is 0 Å². The summed E-state index contributed by atoms with van der Waals surface area (Å²) in [5.41, 5.74) is 2.99. The van der Waals surface area contributed by atoms with Gasteiger partial charge in [0, 0.05) is 11.6 Å². The fourth-order valence-electron chi connectivity index (χ4n) is 2.70. The van der Waals surface area contributed by atoms with E-state index in [4.69, 9.17) is 27.9 Å². The van der Waals surface area contributed by atoms with Crippen LogP contribution in [0.5, 0.6) is 5.75 Å². The highest BCUT2D eigenvalue weighted by Crippen LogP contribution is 2.24. The molecule has 0 aliphatic carbocycles. The van der Waals surface area contributed by atoms with Gasteiger partial charge in [0.1, 0.15) is 10.9 Å². The van der Waals surface area contributed by atoms with Crippen molar-refractivity contribution in [3.05, 3.63) is 81.6 Å². The highest BCUT2D eigenvalue weighted by atomic mass is 35.5. The van der Waals surface area contributed by atoms with Crippen LogP contribution >= 0.6 is 23.2 Å². The number of nitrogens with zero attached hydrogens (tertiary/aromatic N) is 2. The molecule has 1 N–H and O–H groups in total. The van der Waals surface area contributed by atoms with Crippen LogP contribution in [-0.4, -0.2) is 22.8 Å². The van der Waals surface area contributed by atoms with E-state index < -0.39 is 0 Å². The van der Waals surface area contributed by atoms with E-state index in [0.717, 1.165) is 17.0 Å². The van der Waals surface area contributed by atoms with E-state index >= 15 is 0 Å². The Hall–Kier alpha value is -2.76. The molecule has 0 unspecified atom stereocenters. The molecule has 0 atom stereocenters. The zero-order valence-electron chi connectivity index (χ0n) is 15.4. The van der Waals surface area contributed by atoms with Gasteiger partial charge in [0.25, 0.3) is 0 Å². The summed E-state index contributed by atoms with van der Waals surface area (Å²) in [5, 5.41) is 8.15. The fourth-order valence-corrected chi connectivity index (χ4v) is 3.18. The molecular weight excluding hydrogens is 397 g/mol. The van der Waals surface area contributed by atoms with Crippen molar-refractivity contribution < 1.29 is 9.53 Å². The number of ether oxygens (including phenoxy) is 1. The van der Waals surface area contributed by atoms with Crippen molar-refractivity contribution in [1.82, 2.24) is 9.78 Å². The van der Waals surface area contributed by atoms with Gasteiger partial charge >= 0.3 is 0 Å². The lowest BCUT2D eigenvalue weighted by Crippen LogP contribution is -2.08. The van der Waals surface area contributed by atoms with Crippen LogP contribution in [0, 0.1) is 6.92 Å². The van der Waals surface area contributed by atoms with Crippen LogP contribution in [-0.2, 0) is 11.3 Å². The average Bonchev–Trinajstić information content (AvgIpc) is 2.95. The second kappa shape index (κ2) is 8.95. The molecule has 2 aromatic carbocycles. The van der Waals surface area contributed by atoms with Crippen LogP contribution < -0.4 is 10.1 Å². The lowest BCUT2D eigenvalue weighted by atomic mass is 10.2. The largest absolute Gasteiger partial charge is 0.497 e. The molecule has 0 saturated carbocycles. The molecule has 0 aliphatic rings. The average molecular weight is 416 g/mol. The Labute approximate surface area is 173 Å². The van der Waals surface area contributed by atoms with Crippen LogP contribution in [0.3, 0.4) is 0 Å². The molecule has 5 nitrogen and oxygen atoms in total. The SMILES string of the molecule is COc1cccc(Cn2nc(C)c(/C=C/C(=O)Nc3ccccc3Cl)c2Cl)c1. The quantitative estimate of drug-likeness (QED) is 0.562. The molecule has 1 amide bonds. The number of carbonyl (C=O) groups is 1. The van der Waals surface area contributed by atoms with Crippen molar-refractivity contribution in [3.8, 4) is 5.75 Å². The standard InChI is InChI=1S/C21H19Cl2N3O2/c1-14-17(10-11-20(27)24-19-9-4-3-8-18(19)22)21(23)26(25-14)13-15-6-5-7-16(12-15)28-2/h3-12H,13H2,1-2H3,(H,24,27)/b11-10+. The summed E-state index contributed by atoms with van der Waals surface area (Å²) in [6.07, 6.45) is 3.06. The zero-order valence-corrected chi connectivity index (χ0v) is 17.0. The third kappa shape index (κ3) is 4.74. The van der Waals surface area contributed by atoms with E-state index in [1.165, 1.54) is 6.08 Å². The monoisotopic (exact) mass is 415 g/mol. The van der Waals surface area contributed by atoms with Crippen molar-refractivity contribution in [1.29, 1.82) is 0 Å². The maximum absolute atomic E-state index is 12.2. The van der Waals surface area contributed by atoms with Gasteiger partial charge in [-0.1, -0.05) is 47.5 Å². The second-order valence-corrected chi connectivity index (χ2v) is 6.87. The number of halogens is 2. The second-order valence-electron chi connectivity index (χ2n) is 6.10. The third-order valence-corrected chi connectivity index (χ3v) is 4.84. The predicted octanol–water partition coefficient (Wildman–Crippen LogP) is 5.21. The first-order valence-corrected chi connectivity index (χ1v) is 9.33. The fraction of sp³-hybridized carbons (Fsp3) is 0.143. The maximum atomic E-state index is 12.2. The Morgan fingerprint density at radius 3 is 2.75 bits per heavy atom. The number of carbonyl (C=O) groups excluding carboxylic acids is 1. The first-order chi connectivity index (χ1) is 13.5. The van der Waals surface area contributed by atoms with Gasteiger partial charge in [-0.2, -0.15) is 5.10 Å². The van der Waals surface area contributed by atoms with Crippen LogP contribution in [0.15, 0.2) is 54.6 Å². The molecule has 7 heteroatoms. The minimum absolute atomic E-state index is 0.302. The molecule has 0 spiro atoms. The molecule has 1 aromatic heterocycles. The first-order valence-electron chi connectivity index (χ1n) is 8.57. The summed E-state index contributed by atoms with van der Waals surface area (Å²) < 4.78 is 6.94. The van der Waals surface area contributed by atoms with Crippen LogP contribution in [0.2, 0.25) is 10.2 Å². The maximum Gasteiger partial charge on any atom is 0.248 e.